The zero-order valence-electron chi connectivity index (χ0n) is 11.0. The Morgan fingerprint density at radius 2 is 2.25 bits per heavy atom. The van der Waals surface area contributed by atoms with E-state index in [1.54, 1.807) is 7.11 Å². The van der Waals surface area contributed by atoms with Gasteiger partial charge in [-0.3, -0.25) is 4.90 Å². The zero-order chi connectivity index (χ0) is 11.8. The smallest absolute Gasteiger partial charge is 0.0587 e. The summed E-state index contributed by atoms with van der Waals surface area (Å²) in [5.74, 6) is 0. The maximum atomic E-state index is 5.03. The van der Waals surface area contributed by atoms with Gasteiger partial charge in [0, 0.05) is 39.3 Å². The summed E-state index contributed by atoms with van der Waals surface area (Å²) < 4.78 is 5.03. The Morgan fingerprint density at radius 3 is 2.94 bits per heavy atom. The molecule has 0 bridgehead atoms. The Bertz CT molecular complexity index is 176. The fourth-order valence-electron chi connectivity index (χ4n) is 2.19. The van der Waals surface area contributed by atoms with Gasteiger partial charge in [0.05, 0.1) is 6.61 Å². The fourth-order valence-corrected chi connectivity index (χ4v) is 2.19. The minimum atomic E-state index is 0.733. The average molecular weight is 229 g/mol. The van der Waals surface area contributed by atoms with Gasteiger partial charge in [0.2, 0.25) is 0 Å². The summed E-state index contributed by atoms with van der Waals surface area (Å²) in [6, 6.07) is 0.733. The van der Waals surface area contributed by atoms with Crippen molar-refractivity contribution in [2.45, 2.75) is 18.9 Å². The lowest BCUT2D eigenvalue weighted by molar-refractivity contribution is 0.189. The molecule has 1 fully saturated rings. The standard InChI is InChI=1S/C12H27N3O/c1-14(2)8-9-15-7-4-5-12(15)11-13-6-10-16-3/h12-13H,4-11H2,1-3H3. The third kappa shape index (κ3) is 5.25. The maximum Gasteiger partial charge on any atom is 0.0587 e. The number of nitrogens with one attached hydrogen (secondary N) is 1. The molecule has 1 N–H and O–H groups in total. The normalized spacial score (nSPS) is 22.1. The Labute approximate surface area is 99.9 Å². The number of likely N-dealkylation sites (N-methyl/N-ethyl adjacent to an activating group) is 1. The van der Waals surface area contributed by atoms with Gasteiger partial charge < -0.3 is 15.0 Å². The quantitative estimate of drug-likeness (QED) is 0.604. The highest BCUT2D eigenvalue weighted by atomic mass is 16.5. The van der Waals surface area contributed by atoms with Crippen LogP contribution in [0, 0.1) is 0 Å². The minimum Gasteiger partial charge on any atom is -0.383 e. The van der Waals surface area contributed by atoms with Crippen molar-refractivity contribution in [3.63, 3.8) is 0 Å². The Balaban J connectivity index is 2.13. The van der Waals surface area contributed by atoms with E-state index in [0.717, 1.165) is 32.3 Å². The van der Waals surface area contributed by atoms with E-state index in [2.05, 4.69) is 29.2 Å². The molecule has 0 aromatic heterocycles. The number of nitrogens with zero attached hydrogens (tertiary/aromatic N) is 2. The lowest BCUT2D eigenvalue weighted by Gasteiger charge is -2.26. The second-order valence-corrected chi connectivity index (χ2v) is 4.83. The van der Waals surface area contributed by atoms with Crippen molar-refractivity contribution in [2.24, 2.45) is 0 Å². The molecule has 1 rings (SSSR count). The van der Waals surface area contributed by atoms with Gasteiger partial charge >= 0.3 is 0 Å². The summed E-state index contributed by atoms with van der Waals surface area (Å²) in [6.07, 6.45) is 2.69. The van der Waals surface area contributed by atoms with Gasteiger partial charge in [0.15, 0.2) is 0 Å². The third-order valence-electron chi connectivity index (χ3n) is 3.20. The number of likely N-dealkylation sites (tertiary alicyclic amines) is 1. The number of rotatable bonds is 8. The highest BCUT2D eigenvalue weighted by Gasteiger charge is 2.23. The molecule has 1 unspecified atom stereocenters. The van der Waals surface area contributed by atoms with E-state index < -0.39 is 0 Å². The molecule has 96 valence electrons. The van der Waals surface area contributed by atoms with E-state index in [4.69, 9.17) is 4.74 Å². The van der Waals surface area contributed by atoms with E-state index in [9.17, 15) is 0 Å². The molecule has 0 aromatic carbocycles. The van der Waals surface area contributed by atoms with Gasteiger partial charge in [-0.25, -0.2) is 0 Å². The molecule has 4 heteroatoms. The summed E-state index contributed by atoms with van der Waals surface area (Å²) in [4.78, 5) is 4.87. The van der Waals surface area contributed by atoms with Gasteiger partial charge in [-0.05, 0) is 33.5 Å². The molecule has 4 nitrogen and oxygen atoms in total. The van der Waals surface area contributed by atoms with Crippen LogP contribution < -0.4 is 5.32 Å². The van der Waals surface area contributed by atoms with Crippen molar-refractivity contribution >= 4 is 0 Å². The molecule has 0 saturated carbocycles. The van der Waals surface area contributed by atoms with Crippen molar-refractivity contribution in [2.75, 3.05) is 60.5 Å². The lowest BCUT2D eigenvalue weighted by atomic mass is 10.2. The molecular formula is C12H27N3O. The molecule has 1 aliphatic heterocycles. The van der Waals surface area contributed by atoms with Crippen LogP contribution in [-0.2, 0) is 4.74 Å². The zero-order valence-corrected chi connectivity index (χ0v) is 11.0. The molecule has 1 aliphatic rings. The topological polar surface area (TPSA) is 27.7 Å². The predicted octanol–water partition coefficient (Wildman–Crippen LogP) is 0.248. The Hall–Kier alpha value is -0.160. The van der Waals surface area contributed by atoms with Gasteiger partial charge in [0.25, 0.3) is 0 Å². The summed E-state index contributed by atoms with van der Waals surface area (Å²) in [6.45, 7) is 6.51. The van der Waals surface area contributed by atoms with E-state index in [0.29, 0.717) is 0 Å². The van der Waals surface area contributed by atoms with Crippen LogP contribution in [0.15, 0.2) is 0 Å². The fraction of sp³-hybridized carbons (Fsp3) is 1.00. The molecular weight excluding hydrogens is 202 g/mol. The van der Waals surface area contributed by atoms with Crippen molar-refractivity contribution in [3.05, 3.63) is 0 Å². The molecule has 1 atom stereocenters. The second-order valence-electron chi connectivity index (χ2n) is 4.83. The van der Waals surface area contributed by atoms with Crippen LogP contribution in [0.1, 0.15) is 12.8 Å². The number of methoxy groups -OCH3 is 1. The molecule has 1 saturated heterocycles. The van der Waals surface area contributed by atoms with Gasteiger partial charge in [0.1, 0.15) is 0 Å². The summed E-state index contributed by atoms with van der Waals surface area (Å²) >= 11 is 0. The van der Waals surface area contributed by atoms with E-state index in [1.807, 2.05) is 0 Å². The van der Waals surface area contributed by atoms with Crippen molar-refractivity contribution in [1.82, 2.24) is 15.1 Å². The maximum absolute atomic E-state index is 5.03. The van der Waals surface area contributed by atoms with Gasteiger partial charge in [-0.15, -0.1) is 0 Å². The van der Waals surface area contributed by atoms with Gasteiger partial charge in [-0.2, -0.15) is 0 Å². The molecule has 16 heavy (non-hydrogen) atoms. The average Bonchev–Trinajstić information content (AvgIpc) is 2.69. The molecule has 0 amide bonds. The van der Waals surface area contributed by atoms with Gasteiger partial charge in [-0.1, -0.05) is 0 Å². The highest BCUT2D eigenvalue weighted by Crippen LogP contribution is 2.15. The first kappa shape index (κ1) is 13.9. The molecule has 0 aromatic rings. The molecule has 0 aliphatic carbocycles. The van der Waals surface area contributed by atoms with Crippen LogP contribution in [0.25, 0.3) is 0 Å². The van der Waals surface area contributed by atoms with Crippen LogP contribution in [-0.4, -0.2) is 76.4 Å². The van der Waals surface area contributed by atoms with Crippen LogP contribution in [0.4, 0.5) is 0 Å². The SMILES string of the molecule is COCCNCC1CCCN1CCN(C)C. The Kier molecular flexibility index (Phi) is 6.96. The lowest BCUT2D eigenvalue weighted by Crippen LogP contribution is -2.41. The minimum absolute atomic E-state index is 0.733. The highest BCUT2D eigenvalue weighted by molar-refractivity contribution is 4.81. The van der Waals surface area contributed by atoms with E-state index >= 15 is 0 Å². The van der Waals surface area contributed by atoms with Crippen molar-refractivity contribution in [3.8, 4) is 0 Å². The Morgan fingerprint density at radius 1 is 1.44 bits per heavy atom. The first-order chi connectivity index (χ1) is 7.74. The van der Waals surface area contributed by atoms with Crippen molar-refractivity contribution in [1.29, 1.82) is 0 Å². The number of hydrogen-bond donors (Lipinski definition) is 1. The van der Waals surface area contributed by atoms with Crippen molar-refractivity contribution < 1.29 is 4.74 Å². The first-order valence-electron chi connectivity index (χ1n) is 6.32. The number of hydrogen-bond acceptors (Lipinski definition) is 4. The molecule has 0 spiro atoms. The summed E-state index contributed by atoms with van der Waals surface area (Å²) in [5, 5.41) is 3.47. The second kappa shape index (κ2) is 8.01. The summed E-state index contributed by atoms with van der Waals surface area (Å²) in [7, 11) is 6.03. The monoisotopic (exact) mass is 229 g/mol. The van der Waals surface area contributed by atoms with E-state index in [1.165, 1.54) is 25.9 Å². The summed E-state index contributed by atoms with van der Waals surface area (Å²) in [5.41, 5.74) is 0. The largest absolute Gasteiger partial charge is 0.383 e. The van der Waals surface area contributed by atoms with E-state index in [-0.39, 0.29) is 0 Å². The van der Waals surface area contributed by atoms with Crippen LogP contribution in [0.5, 0.6) is 0 Å². The molecule has 0 radical (unpaired) electrons. The predicted molar refractivity (Wildman–Crippen MR) is 67.9 cm³/mol. The first-order valence-corrected chi connectivity index (χ1v) is 6.32. The van der Waals surface area contributed by atoms with Crippen LogP contribution in [0.2, 0.25) is 0 Å². The molecule has 1 heterocycles. The van der Waals surface area contributed by atoms with Crippen LogP contribution >= 0.6 is 0 Å². The number of ether oxygens (including phenoxy) is 1. The van der Waals surface area contributed by atoms with Crippen LogP contribution in [0.3, 0.4) is 0 Å². The third-order valence-corrected chi connectivity index (χ3v) is 3.20.